The van der Waals surface area contributed by atoms with Crippen LogP contribution < -0.4 is 5.32 Å². The summed E-state index contributed by atoms with van der Waals surface area (Å²) in [7, 11) is 0. The highest BCUT2D eigenvalue weighted by Gasteiger charge is 2.25. The maximum absolute atomic E-state index is 11.8. The van der Waals surface area contributed by atoms with Crippen molar-refractivity contribution in [3.63, 3.8) is 0 Å². The number of ketones is 1. The van der Waals surface area contributed by atoms with E-state index in [-0.39, 0.29) is 45.0 Å². The number of aliphatic carboxylic acids is 2. The standard InChI is InChI=1S/C26H40N2O14/c29-20(19-28-23(31)3-4-24(28)32)2-1-6-37-8-10-39-12-14-41-16-17-42-15-13-40-11-9-38-7-5-22(30)27-21(26(35)36)18-25(33)34/h3-4,21H,1-2,5-19H2,(H,27,30)(H,33,34)(H,35,36). The molecule has 0 radical (unpaired) electrons. The predicted octanol–water partition coefficient (Wildman–Crippen LogP) is -1.21. The smallest absolute Gasteiger partial charge is 0.326 e. The van der Waals surface area contributed by atoms with E-state index in [0.717, 1.165) is 17.1 Å². The van der Waals surface area contributed by atoms with Gasteiger partial charge in [-0.2, -0.15) is 0 Å². The Morgan fingerprint density at radius 3 is 1.52 bits per heavy atom. The zero-order valence-electron chi connectivity index (χ0n) is 23.5. The second kappa shape index (κ2) is 23.3. The van der Waals surface area contributed by atoms with E-state index in [1.807, 2.05) is 0 Å². The largest absolute Gasteiger partial charge is 0.481 e. The number of Topliss-reactive ketones (excluding diaryl/α,β-unsaturated/α-hetero) is 1. The highest BCUT2D eigenvalue weighted by molar-refractivity contribution is 6.14. The van der Waals surface area contributed by atoms with Crippen LogP contribution in [-0.2, 0) is 57.2 Å². The number of carboxylic acid groups (broad SMARTS) is 2. The number of imide groups is 1. The Balaban J connectivity index is 1.78. The summed E-state index contributed by atoms with van der Waals surface area (Å²) in [6.07, 6.45) is 2.18. The molecule has 0 fully saturated rings. The van der Waals surface area contributed by atoms with E-state index < -0.39 is 42.1 Å². The van der Waals surface area contributed by atoms with Gasteiger partial charge in [0.2, 0.25) is 5.91 Å². The molecule has 238 valence electrons. The van der Waals surface area contributed by atoms with Crippen molar-refractivity contribution in [2.45, 2.75) is 31.7 Å². The molecule has 1 unspecified atom stereocenters. The SMILES string of the molecule is O=C(O)CC(NC(=O)CCOCCOCCOCCOCCOCCOCCCC(=O)CN1C(=O)C=CC1=O)C(=O)O. The van der Waals surface area contributed by atoms with E-state index in [2.05, 4.69) is 5.32 Å². The minimum Gasteiger partial charge on any atom is -0.481 e. The van der Waals surface area contributed by atoms with Crippen LogP contribution in [0.25, 0.3) is 0 Å². The molecule has 1 aliphatic rings. The second-order valence-electron chi connectivity index (χ2n) is 8.72. The lowest BCUT2D eigenvalue weighted by atomic mass is 10.2. The summed E-state index contributed by atoms with van der Waals surface area (Å²) in [5, 5.41) is 19.7. The van der Waals surface area contributed by atoms with Crippen LogP contribution in [0.3, 0.4) is 0 Å². The number of carbonyl (C=O) groups is 6. The summed E-state index contributed by atoms with van der Waals surface area (Å²) in [6, 6.07) is -1.49. The van der Waals surface area contributed by atoms with E-state index in [1.54, 1.807) is 0 Å². The number of hydrogen-bond donors (Lipinski definition) is 3. The van der Waals surface area contributed by atoms with Crippen molar-refractivity contribution in [1.82, 2.24) is 10.2 Å². The zero-order valence-corrected chi connectivity index (χ0v) is 23.5. The zero-order chi connectivity index (χ0) is 31.0. The Morgan fingerprint density at radius 2 is 1.10 bits per heavy atom. The quantitative estimate of drug-likeness (QED) is 0.0707. The molecule has 0 aromatic heterocycles. The van der Waals surface area contributed by atoms with Gasteiger partial charge < -0.3 is 44.0 Å². The van der Waals surface area contributed by atoms with E-state index in [1.165, 1.54) is 0 Å². The Morgan fingerprint density at radius 1 is 0.667 bits per heavy atom. The van der Waals surface area contributed by atoms with Crippen molar-refractivity contribution in [3.05, 3.63) is 12.2 Å². The maximum atomic E-state index is 11.8. The molecular weight excluding hydrogens is 564 g/mol. The molecule has 0 aromatic rings. The third kappa shape index (κ3) is 19.0. The van der Waals surface area contributed by atoms with Gasteiger partial charge in [0, 0.05) is 31.6 Å². The molecule has 1 heterocycles. The summed E-state index contributed by atoms with van der Waals surface area (Å²) < 4.78 is 32.1. The molecule has 1 atom stereocenters. The van der Waals surface area contributed by atoms with E-state index >= 15 is 0 Å². The fourth-order valence-electron chi connectivity index (χ4n) is 3.22. The Labute approximate surface area is 243 Å². The number of nitrogens with one attached hydrogen (secondary N) is 1. The van der Waals surface area contributed by atoms with Gasteiger partial charge in [-0.05, 0) is 6.42 Å². The summed E-state index contributed by atoms with van der Waals surface area (Å²) in [5.74, 6) is -4.51. The monoisotopic (exact) mass is 604 g/mol. The highest BCUT2D eigenvalue weighted by atomic mass is 16.6. The molecule has 16 heteroatoms. The molecule has 3 amide bonds. The Hall–Kier alpha value is -3.28. The van der Waals surface area contributed by atoms with Gasteiger partial charge in [-0.3, -0.25) is 28.9 Å². The molecule has 0 saturated heterocycles. The Bertz CT molecular complexity index is 876. The number of nitrogens with zero attached hydrogens (tertiary/aromatic N) is 1. The van der Waals surface area contributed by atoms with Gasteiger partial charge >= 0.3 is 11.9 Å². The number of amides is 3. The molecule has 1 rings (SSSR count). The molecule has 0 aromatic carbocycles. The van der Waals surface area contributed by atoms with Crippen molar-refractivity contribution >= 4 is 35.4 Å². The molecule has 16 nitrogen and oxygen atoms in total. The summed E-state index contributed by atoms with van der Waals surface area (Å²) in [5.41, 5.74) is 0. The first-order chi connectivity index (χ1) is 20.2. The number of carboxylic acids is 2. The van der Waals surface area contributed by atoms with Crippen LogP contribution >= 0.6 is 0 Å². The van der Waals surface area contributed by atoms with Crippen molar-refractivity contribution in [2.75, 3.05) is 85.8 Å². The molecule has 3 N–H and O–H groups in total. The van der Waals surface area contributed by atoms with Crippen LogP contribution in [0.15, 0.2) is 12.2 Å². The van der Waals surface area contributed by atoms with E-state index in [4.69, 9.17) is 38.6 Å². The molecule has 0 saturated carbocycles. The highest BCUT2D eigenvalue weighted by Crippen LogP contribution is 2.05. The topological polar surface area (TPSA) is 214 Å². The first-order valence-electron chi connectivity index (χ1n) is 13.5. The predicted molar refractivity (Wildman–Crippen MR) is 141 cm³/mol. The first-order valence-corrected chi connectivity index (χ1v) is 13.5. The second-order valence-corrected chi connectivity index (χ2v) is 8.72. The van der Waals surface area contributed by atoms with E-state index in [9.17, 15) is 28.8 Å². The fourth-order valence-corrected chi connectivity index (χ4v) is 3.22. The van der Waals surface area contributed by atoms with Crippen LogP contribution in [0.2, 0.25) is 0 Å². The van der Waals surface area contributed by atoms with Crippen LogP contribution in [0.1, 0.15) is 25.7 Å². The van der Waals surface area contributed by atoms with Gasteiger partial charge in [0.15, 0.2) is 5.78 Å². The normalized spacial score (nSPS) is 13.5. The van der Waals surface area contributed by atoms with Crippen molar-refractivity contribution in [1.29, 1.82) is 0 Å². The fraction of sp³-hybridized carbons (Fsp3) is 0.692. The minimum atomic E-state index is -1.49. The van der Waals surface area contributed by atoms with Crippen LogP contribution in [0.4, 0.5) is 0 Å². The van der Waals surface area contributed by atoms with Crippen molar-refractivity contribution in [2.24, 2.45) is 0 Å². The van der Waals surface area contributed by atoms with Gasteiger partial charge in [-0.15, -0.1) is 0 Å². The summed E-state index contributed by atoms with van der Waals surface area (Å²) >= 11 is 0. The van der Waals surface area contributed by atoms with E-state index in [0.29, 0.717) is 65.9 Å². The maximum Gasteiger partial charge on any atom is 0.326 e. The summed E-state index contributed by atoms with van der Waals surface area (Å²) in [6.45, 7) is 3.68. The summed E-state index contributed by atoms with van der Waals surface area (Å²) in [4.78, 5) is 68.7. The third-order valence-electron chi connectivity index (χ3n) is 5.32. The minimum absolute atomic E-state index is 0.0362. The van der Waals surface area contributed by atoms with Crippen molar-refractivity contribution in [3.8, 4) is 0 Å². The van der Waals surface area contributed by atoms with Gasteiger partial charge in [-0.1, -0.05) is 0 Å². The van der Waals surface area contributed by atoms with Gasteiger partial charge in [0.05, 0.1) is 85.6 Å². The van der Waals surface area contributed by atoms with Gasteiger partial charge in [0.1, 0.15) is 6.04 Å². The number of carbonyl (C=O) groups excluding carboxylic acids is 4. The van der Waals surface area contributed by atoms with Gasteiger partial charge in [0.25, 0.3) is 11.8 Å². The Kier molecular flexibility index (Phi) is 20.4. The number of ether oxygens (including phenoxy) is 6. The lowest BCUT2D eigenvalue weighted by Gasteiger charge is -2.12. The molecule has 0 bridgehead atoms. The lowest BCUT2D eigenvalue weighted by molar-refractivity contribution is -0.147. The average Bonchev–Trinajstić information content (AvgIpc) is 3.25. The van der Waals surface area contributed by atoms with Crippen LogP contribution in [0, 0.1) is 0 Å². The molecular formula is C26H40N2O14. The molecule has 0 spiro atoms. The lowest BCUT2D eigenvalue weighted by Crippen LogP contribution is -2.42. The van der Waals surface area contributed by atoms with Crippen LogP contribution in [0.5, 0.6) is 0 Å². The third-order valence-corrected chi connectivity index (χ3v) is 5.32. The molecule has 1 aliphatic heterocycles. The first kappa shape index (κ1) is 36.7. The average molecular weight is 605 g/mol. The van der Waals surface area contributed by atoms with Gasteiger partial charge in [-0.25, -0.2) is 4.79 Å². The molecule has 42 heavy (non-hydrogen) atoms. The number of hydrogen-bond acceptors (Lipinski definition) is 12. The van der Waals surface area contributed by atoms with Crippen LogP contribution in [-0.4, -0.2) is 142 Å². The van der Waals surface area contributed by atoms with Crippen molar-refractivity contribution < 1.29 is 67.4 Å². The number of rotatable bonds is 28. The molecule has 0 aliphatic carbocycles.